The number of aliphatic hydroxyl groups excluding tert-OH is 1. The van der Waals surface area contributed by atoms with Crippen molar-refractivity contribution in [2.75, 3.05) is 31.6 Å². The van der Waals surface area contributed by atoms with Crippen molar-refractivity contribution in [1.82, 2.24) is 9.80 Å². The highest BCUT2D eigenvalue weighted by molar-refractivity contribution is 5.88. The fraction of sp³-hybridized carbons (Fsp3) is 0.435. The number of benzene rings is 2. The summed E-state index contributed by atoms with van der Waals surface area (Å²) in [6.07, 6.45) is 0.795. The molecule has 0 aromatic heterocycles. The highest BCUT2D eigenvalue weighted by Gasteiger charge is 2.26. The number of carbonyl (C=O) groups excluding carboxylic acids is 1. The molecule has 1 aliphatic heterocycles. The van der Waals surface area contributed by atoms with Gasteiger partial charge in [0.1, 0.15) is 0 Å². The van der Waals surface area contributed by atoms with Gasteiger partial charge in [-0.25, -0.2) is 0 Å². The molecule has 1 saturated heterocycles. The molecular weight excluding hydrogens is 350 g/mol. The van der Waals surface area contributed by atoms with Gasteiger partial charge in [0.15, 0.2) is 0 Å². The smallest absolute Gasteiger partial charge is 0.221 e. The zero-order valence-corrected chi connectivity index (χ0v) is 16.9. The Labute approximate surface area is 168 Å². The van der Waals surface area contributed by atoms with Crippen molar-refractivity contribution < 1.29 is 9.90 Å². The lowest BCUT2D eigenvalue weighted by molar-refractivity contribution is -0.114. The monoisotopic (exact) mass is 381 g/mol. The van der Waals surface area contributed by atoms with E-state index in [0.717, 1.165) is 44.8 Å². The van der Waals surface area contributed by atoms with E-state index in [1.807, 2.05) is 12.1 Å². The molecule has 2 aromatic rings. The number of amides is 1. The molecule has 5 heteroatoms. The zero-order valence-electron chi connectivity index (χ0n) is 16.9. The number of anilines is 1. The largest absolute Gasteiger partial charge is 0.396 e. The van der Waals surface area contributed by atoms with E-state index in [1.54, 1.807) is 0 Å². The molecular formula is C23H31N3O2. The van der Waals surface area contributed by atoms with Crippen LogP contribution in [0, 0.1) is 6.92 Å². The molecule has 150 valence electrons. The highest BCUT2D eigenvalue weighted by atomic mass is 16.3. The minimum absolute atomic E-state index is 0.0515. The summed E-state index contributed by atoms with van der Waals surface area (Å²) in [5.41, 5.74) is 4.76. The van der Waals surface area contributed by atoms with E-state index in [0.29, 0.717) is 6.04 Å². The number of carbonyl (C=O) groups is 1. The molecule has 0 bridgehead atoms. The van der Waals surface area contributed by atoms with Gasteiger partial charge in [-0.2, -0.15) is 0 Å². The SMILES string of the molecule is CC(=O)Nc1ccc(CN2CCN(Cc3ccccc3C)C(CCO)C2)cc1. The van der Waals surface area contributed by atoms with Crippen LogP contribution in [0.15, 0.2) is 48.5 Å². The quantitative estimate of drug-likeness (QED) is 0.774. The van der Waals surface area contributed by atoms with E-state index in [2.05, 4.69) is 58.4 Å². The Kier molecular flexibility index (Phi) is 7.20. The Hall–Kier alpha value is -2.21. The highest BCUT2D eigenvalue weighted by Crippen LogP contribution is 2.20. The molecule has 5 nitrogen and oxygen atoms in total. The van der Waals surface area contributed by atoms with Crippen molar-refractivity contribution >= 4 is 11.6 Å². The van der Waals surface area contributed by atoms with E-state index >= 15 is 0 Å². The van der Waals surface area contributed by atoms with Crippen LogP contribution < -0.4 is 5.32 Å². The normalized spacial score (nSPS) is 18.2. The average Bonchev–Trinajstić information content (AvgIpc) is 2.67. The van der Waals surface area contributed by atoms with Crippen molar-refractivity contribution in [2.24, 2.45) is 0 Å². The Morgan fingerprint density at radius 1 is 1.11 bits per heavy atom. The first kappa shape index (κ1) is 20.5. The lowest BCUT2D eigenvalue weighted by Gasteiger charge is -2.41. The predicted octanol–water partition coefficient (Wildman–Crippen LogP) is 3.02. The molecule has 3 rings (SSSR count). The van der Waals surface area contributed by atoms with Crippen LogP contribution in [0.1, 0.15) is 30.0 Å². The number of aryl methyl sites for hydroxylation is 1. The lowest BCUT2D eigenvalue weighted by Crippen LogP contribution is -2.52. The first-order chi connectivity index (χ1) is 13.5. The molecule has 2 aromatic carbocycles. The molecule has 1 atom stereocenters. The predicted molar refractivity (Wildman–Crippen MR) is 113 cm³/mol. The first-order valence-corrected chi connectivity index (χ1v) is 10.0. The van der Waals surface area contributed by atoms with E-state index in [9.17, 15) is 9.90 Å². The minimum atomic E-state index is -0.0515. The Bertz CT molecular complexity index is 776. The zero-order chi connectivity index (χ0) is 19.9. The molecule has 0 spiro atoms. The van der Waals surface area contributed by atoms with E-state index < -0.39 is 0 Å². The summed E-state index contributed by atoms with van der Waals surface area (Å²) in [4.78, 5) is 16.1. The third-order valence-corrected chi connectivity index (χ3v) is 5.47. The summed E-state index contributed by atoms with van der Waals surface area (Å²) in [6.45, 7) is 8.71. The van der Waals surface area contributed by atoms with Crippen LogP contribution in [0.4, 0.5) is 5.69 Å². The summed E-state index contributed by atoms with van der Waals surface area (Å²) in [7, 11) is 0. The second kappa shape index (κ2) is 9.82. The number of piperazine rings is 1. The van der Waals surface area contributed by atoms with Gasteiger partial charge in [-0.1, -0.05) is 36.4 Å². The van der Waals surface area contributed by atoms with E-state index in [1.165, 1.54) is 23.6 Å². The summed E-state index contributed by atoms with van der Waals surface area (Å²) < 4.78 is 0. The van der Waals surface area contributed by atoms with Gasteiger partial charge in [-0.05, 0) is 42.2 Å². The van der Waals surface area contributed by atoms with Gasteiger partial charge in [0.05, 0.1) is 0 Å². The molecule has 0 aliphatic carbocycles. The van der Waals surface area contributed by atoms with Crippen LogP contribution in [0.3, 0.4) is 0 Å². The standard InChI is InChI=1S/C23H31N3O2/c1-18-5-3-4-6-21(18)16-26-13-12-25(17-23(26)11-14-27)15-20-7-9-22(10-8-20)24-19(2)28/h3-10,23,27H,11-17H2,1-2H3,(H,24,28). The van der Waals surface area contributed by atoms with Gasteiger partial charge in [0.2, 0.25) is 5.91 Å². The van der Waals surface area contributed by atoms with Gasteiger partial charge in [-0.15, -0.1) is 0 Å². The molecule has 1 heterocycles. The third kappa shape index (κ3) is 5.64. The molecule has 1 amide bonds. The molecule has 1 unspecified atom stereocenters. The molecule has 1 aliphatic rings. The van der Waals surface area contributed by atoms with Crippen molar-refractivity contribution in [3.05, 3.63) is 65.2 Å². The van der Waals surface area contributed by atoms with Crippen molar-refractivity contribution in [2.45, 2.75) is 39.4 Å². The molecule has 2 N–H and O–H groups in total. The number of rotatable bonds is 7. The number of hydrogen-bond donors (Lipinski definition) is 2. The van der Waals surface area contributed by atoms with Crippen molar-refractivity contribution in [3.8, 4) is 0 Å². The summed E-state index contributed by atoms with van der Waals surface area (Å²) >= 11 is 0. The van der Waals surface area contributed by atoms with Crippen LogP contribution in [-0.4, -0.2) is 53.1 Å². The molecule has 28 heavy (non-hydrogen) atoms. The summed E-state index contributed by atoms with van der Waals surface area (Å²) in [5, 5.41) is 12.4. The van der Waals surface area contributed by atoms with Crippen LogP contribution in [-0.2, 0) is 17.9 Å². The van der Waals surface area contributed by atoms with E-state index in [-0.39, 0.29) is 12.5 Å². The Balaban J connectivity index is 1.60. The second-order valence-corrected chi connectivity index (χ2v) is 7.68. The van der Waals surface area contributed by atoms with Crippen molar-refractivity contribution in [3.63, 3.8) is 0 Å². The molecule has 1 fully saturated rings. The number of hydrogen-bond acceptors (Lipinski definition) is 4. The molecule has 0 radical (unpaired) electrons. The topological polar surface area (TPSA) is 55.8 Å². The fourth-order valence-corrected chi connectivity index (χ4v) is 3.89. The Morgan fingerprint density at radius 2 is 1.86 bits per heavy atom. The van der Waals surface area contributed by atoms with Crippen LogP contribution in [0.25, 0.3) is 0 Å². The maximum Gasteiger partial charge on any atom is 0.221 e. The number of nitrogens with one attached hydrogen (secondary N) is 1. The third-order valence-electron chi connectivity index (χ3n) is 5.47. The summed E-state index contributed by atoms with van der Waals surface area (Å²) in [6, 6.07) is 17.0. The minimum Gasteiger partial charge on any atom is -0.396 e. The molecule has 0 saturated carbocycles. The summed E-state index contributed by atoms with van der Waals surface area (Å²) in [5.74, 6) is -0.0515. The Morgan fingerprint density at radius 3 is 2.54 bits per heavy atom. The lowest BCUT2D eigenvalue weighted by atomic mass is 10.0. The average molecular weight is 382 g/mol. The van der Waals surface area contributed by atoms with E-state index in [4.69, 9.17) is 0 Å². The van der Waals surface area contributed by atoms with Gasteiger partial charge >= 0.3 is 0 Å². The van der Waals surface area contributed by atoms with Gasteiger partial charge in [-0.3, -0.25) is 14.6 Å². The van der Waals surface area contributed by atoms with Gasteiger partial charge < -0.3 is 10.4 Å². The number of aliphatic hydroxyl groups is 1. The second-order valence-electron chi connectivity index (χ2n) is 7.68. The fourth-order valence-electron chi connectivity index (χ4n) is 3.89. The van der Waals surface area contributed by atoms with Crippen molar-refractivity contribution in [1.29, 1.82) is 0 Å². The van der Waals surface area contributed by atoms with Gasteiger partial charge in [0, 0.05) is 58.0 Å². The van der Waals surface area contributed by atoms with Crippen LogP contribution >= 0.6 is 0 Å². The first-order valence-electron chi connectivity index (χ1n) is 10.0. The maximum absolute atomic E-state index is 11.2. The van der Waals surface area contributed by atoms with Crippen LogP contribution in [0.5, 0.6) is 0 Å². The van der Waals surface area contributed by atoms with Crippen LogP contribution in [0.2, 0.25) is 0 Å². The maximum atomic E-state index is 11.2. The number of nitrogens with zero attached hydrogens (tertiary/aromatic N) is 2. The van der Waals surface area contributed by atoms with Gasteiger partial charge in [0.25, 0.3) is 0 Å².